The highest BCUT2D eigenvalue weighted by Gasteiger charge is 2.28. The van der Waals surface area contributed by atoms with Crippen LogP contribution in [0.25, 0.3) is 0 Å². The number of hydrogen-bond donors (Lipinski definition) is 0. The standard InChI is InChI=1S/C8H7F3O.C2H3N/c9-8(10,11)6-12-7-4-2-1-3-5-7;1-2-3/h1-5H,6H2;1H3. The van der Waals surface area contributed by atoms with E-state index in [0.717, 1.165) is 0 Å². The van der Waals surface area contributed by atoms with E-state index in [9.17, 15) is 13.2 Å². The van der Waals surface area contributed by atoms with Crippen molar-refractivity contribution in [2.45, 2.75) is 13.1 Å². The Hall–Kier alpha value is -1.70. The summed E-state index contributed by atoms with van der Waals surface area (Å²) in [5.41, 5.74) is 0. The predicted octanol–water partition coefficient (Wildman–Crippen LogP) is 3.16. The topological polar surface area (TPSA) is 33.0 Å². The molecule has 5 heteroatoms. The van der Waals surface area contributed by atoms with Gasteiger partial charge in [-0.05, 0) is 12.1 Å². The van der Waals surface area contributed by atoms with Crippen molar-refractivity contribution in [2.24, 2.45) is 0 Å². The first-order chi connectivity index (χ1) is 6.99. The third kappa shape index (κ3) is 8.63. The van der Waals surface area contributed by atoms with Crippen molar-refractivity contribution in [3.05, 3.63) is 30.3 Å². The summed E-state index contributed by atoms with van der Waals surface area (Å²) in [6.07, 6.45) is -4.27. The molecule has 82 valence electrons. The molecule has 0 spiro atoms. The molecule has 0 heterocycles. The van der Waals surface area contributed by atoms with E-state index in [-0.39, 0.29) is 5.75 Å². The van der Waals surface area contributed by atoms with Gasteiger partial charge in [0, 0.05) is 6.92 Å². The molecule has 0 aliphatic carbocycles. The fraction of sp³-hybridized carbons (Fsp3) is 0.300. The van der Waals surface area contributed by atoms with E-state index in [2.05, 4.69) is 4.74 Å². The zero-order valence-electron chi connectivity index (χ0n) is 8.08. The highest BCUT2D eigenvalue weighted by molar-refractivity contribution is 5.20. The molecule has 0 bridgehead atoms. The van der Waals surface area contributed by atoms with Crippen molar-refractivity contribution >= 4 is 0 Å². The number of rotatable bonds is 2. The average Bonchev–Trinajstić information content (AvgIpc) is 2.17. The minimum atomic E-state index is -4.27. The smallest absolute Gasteiger partial charge is 0.422 e. The van der Waals surface area contributed by atoms with Crippen LogP contribution >= 0.6 is 0 Å². The van der Waals surface area contributed by atoms with Crippen LogP contribution < -0.4 is 4.74 Å². The van der Waals surface area contributed by atoms with Crippen LogP contribution in [-0.2, 0) is 0 Å². The zero-order chi connectivity index (χ0) is 11.7. The summed E-state index contributed by atoms with van der Waals surface area (Å²) in [5.74, 6) is 0.231. The molecule has 15 heavy (non-hydrogen) atoms. The van der Waals surface area contributed by atoms with Gasteiger partial charge < -0.3 is 4.74 Å². The maximum atomic E-state index is 11.6. The molecule has 0 aliphatic heterocycles. The Kier molecular flexibility index (Phi) is 5.95. The first-order valence-corrected chi connectivity index (χ1v) is 4.05. The second-order valence-corrected chi connectivity index (χ2v) is 2.44. The lowest BCUT2D eigenvalue weighted by atomic mass is 10.3. The van der Waals surface area contributed by atoms with E-state index < -0.39 is 12.8 Å². The Morgan fingerprint density at radius 3 is 2.13 bits per heavy atom. The normalized spacial score (nSPS) is 9.53. The maximum absolute atomic E-state index is 11.6. The average molecular weight is 217 g/mol. The first-order valence-electron chi connectivity index (χ1n) is 4.05. The molecule has 0 N–H and O–H groups in total. The fourth-order valence-corrected chi connectivity index (χ4v) is 0.682. The molecule has 1 aromatic rings. The lowest BCUT2D eigenvalue weighted by Crippen LogP contribution is -2.19. The summed E-state index contributed by atoms with van der Waals surface area (Å²) in [6, 6.07) is 9.65. The van der Waals surface area contributed by atoms with Crippen LogP contribution in [0.5, 0.6) is 5.75 Å². The van der Waals surface area contributed by atoms with Gasteiger partial charge in [0.25, 0.3) is 0 Å². The SMILES string of the molecule is CC#N.FC(F)(F)COc1ccccc1. The van der Waals surface area contributed by atoms with Crippen LogP contribution in [0.3, 0.4) is 0 Å². The van der Waals surface area contributed by atoms with Gasteiger partial charge in [-0.3, -0.25) is 0 Å². The van der Waals surface area contributed by atoms with Gasteiger partial charge in [-0.25, -0.2) is 0 Å². The van der Waals surface area contributed by atoms with Crippen molar-refractivity contribution in [3.63, 3.8) is 0 Å². The monoisotopic (exact) mass is 217 g/mol. The number of nitriles is 1. The molecule has 0 radical (unpaired) electrons. The number of hydrogen-bond acceptors (Lipinski definition) is 2. The Morgan fingerprint density at radius 2 is 1.73 bits per heavy atom. The first kappa shape index (κ1) is 13.3. The Labute approximate surface area is 85.9 Å². The van der Waals surface area contributed by atoms with Crippen molar-refractivity contribution in [2.75, 3.05) is 6.61 Å². The van der Waals surface area contributed by atoms with E-state index in [4.69, 9.17) is 5.26 Å². The minimum absolute atomic E-state index is 0.231. The number of benzene rings is 1. The summed E-state index contributed by atoms with van der Waals surface area (Å²) < 4.78 is 39.3. The van der Waals surface area contributed by atoms with Crippen LogP contribution in [0.1, 0.15) is 6.92 Å². The summed E-state index contributed by atoms with van der Waals surface area (Å²) >= 11 is 0. The molecule has 0 unspecified atom stereocenters. The molecule has 0 amide bonds. The molecule has 0 aromatic heterocycles. The molecule has 1 rings (SSSR count). The largest absolute Gasteiger partial charge is 0.484 e. The van der Waals surface area contributed by atoms with Gasteiger partial charge in [0.05, 0.1) is 6.07 Å². The molecular weight excluding hydrogens is 207 g/mol. The molecular formula is C10H10F3NO. The van der Waals surface area contributed by atoms with Crippen LogP contribution in [-0.4, -0.2) is 12.8 Å². The van der Waals surface area contributed by atoms with Gasteiger partial charge in [-0.2, -0.15) is 18.4 Å². The van der Waals surface area contributed by atoms with Crippen LogP contribution in [0.2, 0.25) is 0 Å². The fourth-order valence-electron chi connectivity index (χ4n) is 0.682. The van der Waals surface area contributed by atoms with Gasteiger partial charge in [-0.15, -0.1) is 0 Å². The summed E-state index contributed by atoms with van der Waals surface area (Å²) in [6.45, 7) is 0.191. The van der Waals surface area contributed by atoms with E-state index in [1.54, 1.807) is 24.3 Å². The molecule has 2 nitrogen and oxygen atoms in total. The van der Waals surface area contributed by atoms with E-state index in [1.165, 1.54) is 19.1 Å². The number of halogens is 3. The van der Waals surface area contributed by atoms with E-state index in [1.807, 2.05) is 0 Å². The van der Waals surface area contributed by atoms with Gasteiger partial charge in [0.1, 0.15) is 5.75 Å². The van der Waals surface area contributed by atoms with Crippen molar-refractivity contribution in [3.8, 4) is 11.8 Å². The third-order valence-electron chi connectivity index (χ3n) is 1.15. The quantitative estimate of drug-likeness (QED) is 0.762. The zero-order valence-corrected chi connectivity index (χ0v) is 8.08. The summed E-state index contributed by atoms with van der Waals surface area (Å²) in [7, 11) is 0. The predicted molar refractivity (Wildman–Crippen MR) is 49.3 cm³/mol. The highest BCUT2D eigenvalue weighted by atomic mass is 19.4. The summed E-state index contributed by atoms with van der Waals surface area (Å²) in [5, 5.41) is 7.32. The summed E-state index contributed by atoms with van der Waals surface area (Å²) in [4.78, 5) is 0. The number of ether oxygens (including phenoxy) is 1. The van der Waals surface area contributed by atoms with Crippen LogP contribution in [0, 0.1) is 11.3 Å². The minimum Gasteiger partial charge on any atom is -0.484 e. The van der Waals surface area contributed by atoms with Gasteiger partial charge in [-0.1, -0.05) is 18.2 Å². The molecule has 0 atom stereocenters. The molecule has 0 saturated heterocycles. The van der Waals surface area contributed by atoms with Crippen molar-refractivity contribution in [1.29, 1.82) is 5.26 Å². The van der Waals surface area contributed by atoms with Crippen molar-refractivity contribution in [1.82, 2.24) is 0 Å². The number of nitrogens with zero attached hydrogens (tertiary/aromatic N) is 1. The molecule has 0 fully saturated rings. The van der Waals surface area contributed by atoms with E-state index in [0.29, 0.717) is 0 Å². The molecule has 0 saturated carbocycles. The van der Waals surface area contributed by atoms with Crippen LogP contribution in [0.4, 0.5) is 13.2 Å². The van der Waals surface area contributed by atoms with Crippen LogP contribution in [0.15, 0.2) is 30.3 Å². The highest BCUT2D eigenvalue weighted by Crippen LogP contribution is 2.17. The van der Waals surface area contributed by atoms with Gasteiger partial charge >= 0.3 is 6.18 Å². The maximum Gasteiger partial charge on any atom is 0.422 e. The number of alkyl halides is 3. The van der Waals surface area contributed by atoms with Crippen molar-refractivity contribution < 1.29 is 17.9 Å². The number of para-hydroxylation sites is 1. The Morgan fingerprint density at radius 1 is 1.27 bits per heavy atom. The van der Waals surface area contributed by atoms with E-state index >= 15 is 0 Å². The second-order valence-electron chi connectivity index (χ2n) is 2.44. The second kappa shape index (κ2) is 6.71. The van der Waals surface area contributed by atoms with Gasteiger partial charge in [0.15, 0.2) is 6.61 Å². The lowest BCUT2D eigenvalue weighted by Gasteiger charge is -2.07. The Bertz CT molecular complexity index is 303. The third-order valence-corrected chi connectivity index (χ3v) is 1.15. The molecule has 0 aliphatic rings. The Balaban J connectivity index is 0.000000583. The molecule has 1 aromatic carbocycles. The lowest BCUT2D eigenvalue weighted by molar-refractivity contribution is -0.153. The van der Waals surface area contributed by atoms with Gasteiger partial charge in [0.2, 0.25) is 0 Å².